The summed E-state index contributed by atoms with van der Waals surface area (Å²) < 4.78 is 0. The first-order chi connectivity index (χ1) is 11.6. The summed E-state index contributed by atoms with van der Waals surface area (Å²) in [6, 6.07) is 16.6. The highest BCUT2D eigenvalue weighted by Gasteiger charge is 2.15. The molecule has 124 valence electrons. The monoisotopic (exact) mass is 323 g/mol. The lowest BCUT2D eigenvalue weighted by Gasteiger charge is -2.28. The molecule has 0 aliphatic carbocycles. The van der Waals surface area contributed by atoms with Crippen LogP contribution in [0.5, 0.6) is 0 Å². The minimum absolute atomic E-state index is 0.0685. The Labute approximate surface area is 141 Å². The molecule has 1 aliphatic heterocycles. The molecule has 1 aliphatic rings. The van der Waals surface area contributed by atoms with Crippen molar-refractivity contribution in [3.8, 4) is 0 Å². The van der Waals surface area contributed by atoms with Crippen LogP contribution in [0.2, 0.25) is 0 Å². The van der Waals surface area contributed by atoms with Crippen molar-refractivity contribution >= 4 is 12.0 Å². The smallest absolute Gasteiger partial charge is 0.284 e. The predicted molar refractivity (Wildman–Crippen MR) is 92.6 cm³/mol. The lowest BCUT2D eigenvalue weighted by Crippen LogP contribution is -2.32. The van der Waals surface area contributed by atoms with Gasteiger partial charge in [0.2, 0.25) is 0 Å². The zero-order valence-corrected chi connectivity index (χ0v) is 13.4. The van der Waals surface area contributed by atoms with E-state index in [0.29, 0.717) is 0 Å². The van der Waals surface area contributed by atoms with Crippen LogP contribution in [0.15, 0.2) is 54.6 Å². The number of hydrogen-bond donors (Lipinski definition) is 2. The Kier molecular flexibility index (Phi) is 5.05. The number of fused-ring (bicyclic) bond motifs is 1. The van der Waals surface area contributed by atoms with E-state index in [2.05, 4.69) is 41.3 Å². The van der Waals surface area contributed by atoms with E-state index in [1.807, 2.05) is 12.1 Å². The Hall–Kier alpha value is -2.47. The van der Waals surface area contributed by atoms with E-state index in [9.17, 15) is 4.79 Å². The van der Waals surface area contributed by atoms with Crippen molar-refractivity contribution in [1.82, 2.24) is 10.1 Å². The van der Waals surface area contributed by atoms with Crippen molar-refractivity contribution in [3.63, 3.8) is 0 Å². The molecule has 3 N–H and O–H groups in total. The van der Waals surface area contributed by atoms with Crippen molar-refractivity contribution in [2.75, 3.05) is 6.54 Å². The van der Waals surface area contributed by atoms with Gasteiger partial charge in [-0.25, -0.2) is 5.84 Å². The lowest BCUT2D eigenvalue weighted by molar-refractivity contribution is -0.160. The average molecular weight is 323 g/mol. The van der Waals surface area contributed by atoms with Crippen molar-refractivity contribution in [3.05, 3.63) is 76.9 Å². The quantitative estimate of drug-likeness (QED) is 0.298. The number of rotatable bonds is 4. The normalized spacial score (nSPS) is 14.6. The summed E-state index contributed by atoms with van der Waals surface area (Å²) in [6.07, 6.45) is 3.95. The Morgan fingerprint density at radius 1 is 1.17 bits per heavy atom. The Bertz CT molecular complexity index is 739. The molecule has 2 aromatic carbocycles. The molecule has 0 bridgehead atoms. The van der Waals surface area contributed by atoms with Crippen molar-refractivity contribution in [1.29, 1.82) is 0 Å². The van der Waals surface area contributed by atoms with Crippen molar-refractivity contribution in [2.45, 2.75) is 19.5 Å². The zero-order chi connectivity index (χ0) is 16.9. The molecule has 0 aromatic heterocycles. The summed E-state index contributed by atoms with van der Waals surface area (Å²) in [5.74, 6) is 4.28. The van der Waals surface area contributed by atoms with Crippen molar-refractivity contribution in [2.24, 2.45) is 5.84 Å². The van der Waals surface area contributed by atoms with E-state index in [0.717, 1.165) is 31.6 Å². The van der Waals surface area contributed by atoms with Crippen molar-refractivity contribution < 1.29 is 10.0 Å². The van der Waals surface area contributed by atoms with Gasteiger partial charge in [0.1, 0.15) is 0 Å². The van der Waals surface area contributed by atoms with Crippen LogP contribution >= 0.6 is 0 Å². The summed E-state index contributed by atoms with van der Waals surface area (Å²) in [5.41, 5.74) is 4.99. The summed E-state index contributed by atoms with van der Waals surface area (Å²) in [6.45, 7) is 2.95. The molecule has 0 spiro atoms. The SMILES string of the molecule is NN(O)C(=O)/C=C/c1ccc(CN2CCc3ccccc3C2)cc1. The molecule has 1 heterocycles. The Balaban J connectivity index is 1.60. The number of hydrazine groups is 1. The molecule has 3 rings (SSSR count). The van der Waals surface area contributed by atoms with Crippen LogP contribution in [0.4, 0.5) is 0 Å². The van der Waals surface area contributed by atoms with E-state index in [-0.39, 0.29) is 5.17 Å². The standard InChI is InChI=1S/C19H21N3O2/c20-22(24)19(23)10-9-15-5-7-16(8-6-15)13-21-12-11-17-3-1-2-4-18(17)14-21/h1-10,24H,11-14,20H2/b10-9+. The lowest BCUT2D eigenvalue weighted by atomic mass is 9.99. The first kappa shape index (κ1) is 16.4. The molecule has 0 radical (unpaired) electrons. The molecule has 0 unspecified atom stereocenters. The summed E-state index contributed by atoms with van der Waals surface area (Å²) in [4.78, 5) is 13.6. The highest BCUT2D eigenvalue weighted by Crippen LogP contribution is 2.20. The van der Waals surface area contributed by atoms with Gasteiger partial charge in [-0.2, -0.15) is 0 Å². The molecular weight excluding hydrogens is 302 g/mol. The van der Waals surface area contributed by atoms with Gasteiger partial charge in [-0.05, 0) is 34.8 Å². The predicted octanol–water partition coefficient (Wildman–Crippen LogP) is 2.35. The van der Waals surface area contributed by atoms with E-state index in [1.54, 1.807) is 6.08 Å². The van der Waals surface area contributed by atoms with Crippen LogP contribution in [0.3, 0.4) is 0 Å². The van der Waals surface area contributed by atoms with Gasteiger partial charge in [-0.3, -0.25) is 14.9 Å². The molecule has 0 saturated heterocycles. The van der Waals surface area contributed by atoms with Gasteiger partial charge in [-0.1, -0.05) is 48.5 Å². The number of hydroxylamine groups is 1. The highest BCUT2D eigenvalue weighted by molar-refractivity contribution is 5.90. The molecule has 2 aromatic rings. The van der Waals surface area contributed by atoms with Gasteiger partial charge in [0.15, 0.2) is 0 Å². The maximum absolute atomic E-state index is 11.2. The highest BCUT2D eigenvalue weighted by atomic mass is 16.5. The molecule has 1 amide bonds. The first-order valence-corrected chi connectivity index (χ1v) is 7.95. The summed E-state index contributed by atoms with van der Waals surface area (Å²) >= 11 is 0. The van der Waals surface area contributed by atoms with Gasteiger partial charge in [-0.15, -0.1) is 5.17 Å². The third-order valence-corrected chi connectivity index (χ3v) is 4.24. The van der Waals surface area contributed by atoms with E-state index >= 15 is 0 Å². The fourth-order valence-electron chi connectivity index (χ4n) is 2.93. The Morgan fingerprint density at radius 2 is 1.88 bits per heavy atom. The summed E-state index contributed by atoms with van der Waals surface area (Å²) in [5, 5.41) is 8.87. The molecule has 0 fully saturated rings. The number of benzene rings is 2. The van der Waals surface area contributed by atoms with Crippen LogP contribution in [-0.4, -0.2) is 27.7 Å². The zero-order valence-electron chi connectivity index (χ0n) is 13.4. The fourth-order valence-corrected chi connectivity index (χ4v) is 2.93. The minimum atomic E-state index is -0.661. The first-order valence-electron chi connectivity index (χ1n) is 7.95. The maximum Gasteiger partial charge on any atom is 0.284 e. The second kappa shape index (κ2) is 7.40. The number of carbonyl (C=O) groups excluding carboxylic acids is 1. The second-order valence-corrected chi connectivity index (χ2v) is 5.99. The second-order valence-electron chi connectivity index (χ2n) is 5.99. The maximum atomic E-state index is 11.2. The van der Waals surface area contributed by atoms with E-state index in [1.165, 1.54) is 22.8 Å². The Morgan fingerprint density at radius 3 is 2.58 bits per heavy atom. The van der Waals surface area contributed by atoms with Crippen LogP contribution in [0.25, 0.3) is 6.08 Å². The minimum Gasteiger partial charge on any atom is -0.294 e. The topological polar surface area (TPSA) is 69.8 Å². The molecule has 5 heteroatoms. The summed E-state index contributed by atoms with van der Waals surface area (Å²) in [7, 11) is 0. The van der Waals surface area contributed by atoms with Crippen LogP contribution in [-0.2, 0) is 24.3 Å². The van der Waals surface area contributed by atoms with Crippen LogP contribution in [0, 0.1) is 0 Å². The number of amides is 1. The third-order valence-electron chi connectivity index (χ3n) is 4.24. The third kappa shape index (κ3) is 4.08. The van der Waals surface area contributed by atoms with Gasteiger partial charge in [0.05, 0.1) is 0 Å². The number of nitrogens with two attached hydrogens (primary N) is 1. The molecule has 0 saturated carbocycles. The van der Waals surface area contributed by atoms with Gasteiger partial charge in [0.25, 0.3) is 5.91 Å². The number of hydrogen-bond acceptors (Lipinski definition) is 4. The fraction of sp³-hybridized carbons (Fsp3) is 0.211. The number of nitrogens with zero attached hydrogens (tertiary/aromatic N) is 2. The average Bonchev–Trinajstić information content (AvgIpc) is 2.60. The van der Waals surface area contributed by atoms with Crippen LogP contribution < -0.4 is 5.84 Å². The van der Waals surface area contributed by atoms with E-state index in [4.69, 9.17) is 11.0 Å². The van der Waals surface area contributed by atoms with E-state index < -0.39 is 5.91 Å². The number of carbonyl (C=O) groups is 1. The largest absolute Gasteiger partial charge is 0.294 e. The van der Waals surface area contributed by atoms with Gasteiger partial charge >= 0.3 is 0 Å². The molecule has 24 heavy (non-hydrogen) atoms. The van der Waals surface area contributed by atoms with Gasteiger partial charge in [0, 0.05) is 25.7 Å². The molecule has 5 nitrogen and oxygen atoms in total. The van der Waals surface area contributed by atoms with Gasteiger partial charge < -0.3 is 0 Å². The molecular formula is C19H21N3O2. The molecule has 0 atom stereocenters. The van der Waals surface area contributed by atoms with Crippen LogP contribution in [0.1, 0.15) is 22.3 Å².